The molecule has 1 aliphatic heterocycles. The van der Waals surface area contributed by atoms with Crippen LogP contribution in [-0.4, -0.2) is 58.4 Å². The van der Waals surface area contributed by atoms with Crippen molar-refractivity contribution in [1.29, 1.82) is 0 Å². The van der Waals surface area contributed by atoms with Crippen LogP contribution in [0, 0.1) is 5.92 Å². The molecule has 1 fully saturated rings. The van der Waals surface area contributed by atoms with Gasteiger partial charge in [-0.1, -0.05) is 60.7 Å². The van der Waals surface area contributed by atoms with Gasteiger partial charge in [-0.05, 0) is 30.4 Å². The molecule has 3 rings (SSSR count). The molecule has 0 aliphatic carbocycles. The molecule has 10 heteroatoms. The number of carboxylic acid groups (broad SMARTS) is 1. The summed E-state index contributed by atoms with van der Waals surface area (Å²) in [5.74, 6) is -7.01. The summed E-state index contributed by atoms with van der Waals surface area (Å²) in [6, 6.07) is 14.1. The van der Waals surface area contributed by atoms with Crippen molar-refractivity contribution in [3.8, 4) is 0 Å². The van der Waals surface area contributed by atoms with Crippen molar-refractivity contribution in [3.05, 3.63) is 71.8 Å². The zero-order chi connectivity index (χ0) is 26.3. The molecule has 192 valence electrons. The van der Waals surface area contributed by atoms with E-state index in [9.17, 15) is 37.5 Å². The Morgan fingerprint density at radius 1 is 0.972 bits per heavy atom. The average molecular weight is 505 g/mol. The molecule has 36 heavy (non-hydrogen) atoms. The van der Waals surface area contributed by atoms with Crippen molar-refractivity contribution >= 4 is 23.6 Å². The van der Waals surface area contributed by atoms with E-state index in [1.807, 2.05) is 0 Å². The lowest BCUT2D eigenvalue weighted by molar-refractivity contribution is -0.187. The monoisotopic (exact) mass is 504 g/mol. The number of ketones is 1. The first-order valence-electron chi connectivity index (χ1n) is 11.6. The molecule has 2 aromatic rings. The zero-order valence-electron chi connectivity index (χ0n) is 19.4. The van der Waals surface area contributed by atoms with Crippen LogP contribution in [0.25, 0.3) is 0 Å². The standard InChI is InChI=1S/C26H27F3N2O5/c27-26(28,29)19(16-23(33)31-13-7-12-21(31)25(35)36)24(34)20(14-17-8-3-1-4-9-17)30-22(32)15-18-10-5-2-6-11-18/h1-6,8-11,19-21H,7,12-16H2,(H,30,32)(H,35,36)/t19?,20?,21-/m0/s1. The highest BCUT2D eigenvalue weighted by atomic mass is 19.4. The van der Waals surface area contributed by atoms with Crippen molar-refractivity contribution in [2.24, 2.45) is 5.92 Å². The van der Waals surface area contributed by atoms with Gasteiger partial charge in [0.25, 0.3) is 0 Å². The van der Waals surface area contributed by atoms with Crippen molar-refractivity contribution < 1.29 is 37.5 Å². The Bertz CT molecular complexity index is 1080. The van der Waals surface area contributed by atoms with Gasteiger partial charge in [-0.25, -0.2) is 4.79 Å². The molecule has 0 spiro atoms. The molecule has 7 nitrogen and oxygen atoms in total. The second kappa shape index (κ2) is 11.8. The van der Waals surface area contributed by atoms with Crippen LogP contribution >= 0.6 is 0 Å². The summed E-state index contributed by atoms with van der Waals surface area (Å²) >= 11 is 0. The van der Waals surface area contributed by atoms with E-state index in [1.165, 1.54) is 0 Å². The molecular weight excluding hydrogens is 477 g/mol. The quantitative estimate of drug-likeness (QED) is 0.517. The predicted octanol–water partition coefficient (Wildman–Crippen LogP) is 3.17. The Morgan fingerprint density at radius 3 is 2.11 bits per heavy atom. The maximum Gasteiger partial charge on any atom is 0.399 e. The topological polar surface area (TPSA) is 104 Å². The van der Waals surface area contributed by atoms with Crippen molar-refractivity contribution in [1.82, 2.24) is 10.2 Å². The number of alkyl halides is 3. The van der Waals surface area contributed by atoms with Gasteiger partial charge in [0.05, 0.1) is 12.5 Å². The molecule has 2 unspecified atom stereocenters. The predicted molar refractivity (Wildman–Crippen MR) is 124 cm³/mol. The third-order valence-corrected chi connectivity index (χ3v) is 6.14. The Kier molecular flexibility index (Phi) is 8.84. The summed E-state index contributed by atoms with van der Waals surface area (Å²) in [5, 5.41) is 11.7. The number of likely N-dealkylation sites (tertiary alicyclic amines) is 1. The fraction of sp³-hybridized carbons (Fsp3) is 0.385. The van der Waals surface area contributed by atoms with Gasteiger partial charge in [0.15, 0.2) is 5.78 Å². The molecule has 0 aromatic heterocycles. The second-order valence-corrected chi connectivity index (χ2v) is 8.76. The van der Waals surface area contributed by atoms with Crippen molar-refractivity contribution in [2.45, 2.75) is 50.4 Å². The molecule has 1 heterocycles. The van der Waals surface area contributed by atoms with Crippen LogP contribution in [0.4, 0.5) is 13.2 Å². The van der Waals surface area contributed by atoms with Gasteiger partial charge in [-0.2, -0.15) is 13.2 Å². The number of amides is 2. The summed E-state index contributed by atoms with van der Waals surface area (Å²) in [4.78, 5) is 50.8. The maximum absolute atomic E-state index is 14.0. The summed E-state index contributed by atoms with van der Waals surface area (Å²) < 4.78 is 42.1. The Balaban J connectivity index is 1.82. The number of nitrogens with one attached hydrogen (secondary N) is 1. The molecule has 1 saturated heterocycles. The summed E-state index contributed by atoms with van der Waals surface area (Å²) in [6.45, 7) is 0.00975. The van der Waals surface area contributed by atoms with Gasteiger partial charge in [0.2, 0.25) is 11.8 Å². The number of rotatable bonds is 10. The van der Waals surface area contributed by atoms with Crippen LogP contribution in [0.1, 0.15) is 30.4 Å². The first-order chi connectivity index (χ1) is 17.1. The summed E-state index contributed by atoms with van der Waals surface area (Å²) in [7, 11) is 0. The van der Waals surface area contributed by atoms with Crippen LogP contribution in [0.15, 0.2) is 60.7 Å². The number of benzene rings is 2. The van der Waals surface area contributed by atoms with Crippen molar-refractivity contribution in [2.75, 3.05) is 6.54 Å². The van der Waals surface area contributed by atoms with Crippen molar-refractivity contribution in [3.63, 3.8) is 0 Å². The molecule has 2 aromatic carbocycles. The molecule has 1 aliphatic rings. The van der Waals surface area contributed by atoms with E-state index in [1.54, 1.807) is 60.7 Å². The molecule has 0 radical (unpaired) electrons. The van der Waals surface area contributed by atoms with Gasteiger partial charge < -0.3 is 15.3 Å². The number of carboxylic acids is 1. The number of carbonyl (C=O) groups is 4. The molecule has 2 N–H and O–H groups in total. The lowest BCUT2D eigenvalue weighted by atomic mass is 9.89. The van der Waals surface area contributed by atoms with Crippen LogP contribution in [0.2, 0.25) is 0 Å². The van der Waals surface area contributed by atoms with E-state index < -0.39 is 54.2 Å². The Labute approximate surface area is 206 Å². The van der Waals surface area contributed by atoms with Gasteiger partial charge >= 0.3 is 12.1 Å². The minimum atomic E-state index is -5.07. The number of aliphatic carboxylic acids is 1. The smallest absolute Gasteiger partial charge is 0.399 e. The van der Waals surface area contributed by atoms with E-state index in [4.69, 9.17) is 0 Å². The minimum Gasteiger partial charge on any atom is -0.480 e. The second-order valence-electron chi connectivity index (χ2n) is 8.76. The number of hydrogen-bond donors (Lipinski definition) is 2. The average Bonchev–Trinajstić information content (AvgIpc) is 3.33. The minimum absolute atomic E-state index is 0.00975. The number of carbonyl (C=O) groups excluding carboxylic acids is 3. The summed E-state index contributed by atoms with van der Waals surface area (Å²) in [6.07, 6.45) is -6.13. The first-order valence-corrected chi connectivity index (χ1v) is 11.6. The van der Waals surface area contributed by atoms with E-state index in [-0.39, 0.29) is 25.8 Å². The van der Waals surface area contributed by atoms with Crippen LogP contribution in [0.3, 0.4) is 0 Å². The largest absolute Gasteiger partial charge is 0.480 e. The molecule has 0 saturated carbocycles. The van der Waals surface area contributed by atoms with E-state index >= 15 is 0 Å². The summed E-state index contributed by atoms with van der Waals surface area (Å²) in [5.41, 5.74) is 1.16. The van der Waals surface area contributed by atoms with Gasteiger partial charge in [0, 0.05) is 13.0 Å². The molecule has 0 bridgehead atoms. The number of Topliss-reactive ketones (excluding diaryl/α,β-unsaturated/α-hetero) is 1. The lowest BCUT2D eigenvalue weighted by Gasteiger charge is -2.28. The van der Waals surface area contributed by atoms with Crippen LogP contribution < -0.4 is 5.32 Å². The van der Waals surface area contributed by atoms with E-state index in [2.05, 4.69) is 5.32 Å². The molecular formula is C26H27F3N2O5. The normalized spacial score (nSPS) is 17.3. The van der Waals surface area contributed by atoms with Crippen LogP contribution in [0.5, 0.6) is 0 Å². The van der Waals surface area contributed by atoms with Gasteiger partial charge in [0.1, 0.15) is 12.0 Å². The Morgan fingerprint density at radius 2 is 1.56 bits per heavy atom. The highest BCUT2D eigenvalue weighted by Crippen LogP contribution is 2.33. The molecule has 3 atom stereocenters. The van der Waals surface area contributed by atoms with Crippen LogP contribution in [-0.2, 0) is 32.0 Å². The number of halogens is 3. The molecule has 2 amide bonds. The SMILES string of the molecule is O=C(Cc1ccccc1)NC(Cc1ccccc1)C(=O)C(CC(=O)N1CCC[C@H]1C(=O)O)C(F)(F)F. The Hall–Kier alpha value is -3.69. The zero-order valence-corrected chi connectivity index (χ0v) is 19.4. The number of nitrogens with zero attached hydrogens (tertiary/aromatic N) is 1. The third kappa shape index (κ3) is 7.16. The third-order valence-electron chi connectivity index (χ3n) is 6.14. The maximum atomic E-state index is 14.0. The highest BCUT2D eigenvalue weighted by Gasteiger charge is 2.49. The fourth-order valence-corrected chi connectivity index (χ4v) is 4.33. The lowest BCUT2D eigenvalue weighted by Crippen LogP contribution is -2.50. The number of hydrogen-bond acceptors (Lipinski definition) is 4. The first kappa shape index (κ1) is 26.9. The fourth-order valence-electron chi connectivity index (χ4n) is 4.33. The van der Waals surface area contributed by atoms with Gasteiger partial charge in [-0.3, -0.25) is 14.4 Å². The van der Waals surface area contributed by atoms with E-state index in [0.29, 0.717) is 17.5 Å². The van der Waals surface area contributed by atoms with E-state index in [0.717, 1.165) is 4.90 Å². The van der Waals surface area contributed by atoms with Gasteiger partial charge in [-0.15, -0.1) is 0 Å². The highest BCUT2D eigenvalue weighted by molar-refractivity contribution is 5.95.